The highest BCUT2D eigenvalue weighted by Gasteiger charge is 2.23. The third-order valence-electron chi connectivity index (χ3n) is 4.70. The van der Waals surface area contributed by atoms with Gasteiger partial charge in [-0.05, 0) is 44.6 Å². The second-order valence-electron chi connectivity index (χ2n) is 6.34. The third kappa shape index (κ3) is 4.09. The van der Waals surface area contributed by atoms with Gasteiger partial charge in [-0.1, -0.05) is 18.0 Å². The van der Waals surface area contributed by atoms with Gasteiger partial charge in [0.1, 0.15) is 12.4 Å². The van der Waals surface area contributed by atoms with Crippen molar-refractivity contribution in [3.8, 4) is 5.75 Å². The number of hydrogen-bond donors (Lipinski definition) is 1. The average molecular weight is 338 g/mol. The predicted octanol–water partition coefficient (Wildman–Crippen LogP) is 2.73. The lowest BCUT2D eigenvalue weighted by Gasteiger charge is -2.33. The van der Waals surface area contributed by atoms with Crippen molar-refractivity contribution in [3.63, 3.8) is 0 Å². The minimum Gasteiger partial charge on any atom is -0.491 e. The van der Waals surface area contributed by atoms with Crippen LogP contribution in [0, 0.1) is 0 Å². The van der Waals surface area contributed by atoms with E-state index in [9.17, 15) is 4.79 Å². The van der Waals surface area contributed by atoms with Crippen molar-refractivity contribution in [3.05, 3.63) is 28.8 Å². The molecule has 0 spiro atoms. The number of urea groups is 1. The van der Waals surface area contributed by atoms with Crippen molar-refractivity contribution in [1.29, 1.82) is 0 Å². The molecule has 1 aromatic carbocycles. The Balaban J connectivity index is 1.59. The lowest BCUT2D eigenvalue weighted by molar-refractivity contribution is 0.165. The number of hydrogen-bond acceptors (Lipinski definition) is 3. The number of carbonyl (C=O) groups excluding carboxylic acids is 1. The first-order valence-corrected chi connectivity index (χ1v) is 8.65. The van der Waals surface area contributed by atoms with Crippen molar-refractivity contribution in [2.75, 3.05) is 33.3 Å². The molecule has 5 nitrogen and oxygen atoms in total. The lowest BCUT2D eigenvalue weighted by atomic mass is 10.0. The third-order valence-corrected chi connectivity index (χ3v) is 4.94. The van der Waals surface area contributed by atoms with Crippen molar-refractivity contribution < 1.29 is 9.53 Å². The Labute approximate surface area is 142 Å². The number of likely N-dealkylation sites (tertiary alicyclic amines) is 1. The molecule has 23 heavy (non-hydrogen) atoms. The summed E-state index contributed by atoms with van der Waals surface area (Å²) < 4.78 is 5.71. The van der Waals surface area contributed by atoms with Gasteiger partial charge in [-0.25, -0.2) is 4.79 Å². The number of likely N-dealkylation sites (N-methyl/N-ethyl adjacent to an activating group) is 1. The summed E-state index contributed by atoms with van der Waals surface area (Å²) in [7, 11) is 2.13. The molecule has 0 aliphatic carbocycles. The second-order valence-corrected chi connectivity index (χ2v) is 6.77. The SMILES string of the molecule is CN1CCCC[C@@H]1CNC(=O)N1CCOc2ccc(Cl)cc2C1. The van der Waals surface area contributed by atoms with Crippen molar-refractivity contribution in [2.24, 2.45) is 0 Å². The number of ether oxygens (including phenoxy) is 1. The summed E-state index contributed by atoms with van der Waals surface area (Å²) in [6, 6.07) is 5.97. The Bertz CT molecular complexity index is 567. The first kappa shape index (κ1) is 16.4. The van der Waals surface area contributed by atoms with Gasteiger partial charge >= 0.3 is 6.03 Å². The van der Waals surface area contributed by atoms with E-state index in [-0.39, 0.29) is 6.03 Å². The van der Waals surface area contributed by atoms with E-state index < -0.39 is 0 Å². The molecule has 0 saturated carbocycles. The fourth-order valence-electron chi connectivity index (χ4n) is 3.26. The standard InChI is InChI=1S/C17H24ClN3O2/c1-20-7-3-2-4-15(20)11-19-17(22)21-8-9-23-16-6-5-14(18)10-13(16)12-21/h5-6,10,15H,2-4,7-9,11-12H2,1H3,(H,19,22)/t15-/m1/s1. The van der Waals surface area contributed by atoms with Crippen molar-refractivity contribution in [2.45, 2.75) is 31.8 Å². The van der Waals surface area contributed by atoms with Gasteiger partial charge in [-0.15, -0.1) is 0 Å². The Morgan fingerprint density at radius 1 is 1.39 bits per heavy atom. The fraction of sp³-hybridized carbons (Fsp3) is 0.588. The Hall–Kier alpha value is -1.46. The molecule has 1 atom stereocenters. The number of nitrogens with zero attached hydrogens (tertiary/aromatic N) is 2. The van der Waals surface area contributed by atoms with E-state index in [0.29, 0.717) is 37.3 Å². The highest BCUT2D eigenvalue weighted by atomic mass is 35.5. The normalized spacial score (nSPS) is 22.0. The number of amides is 2. The molecule has 0 radical (unpaired) electrons. The molecular weight excluding hydrogens is 314 g/mol. The summed E-state index contributed by atoms with van der Waals surface area (Å²) in [5.41, 5.74) is 0.958. The van der Waals surface area contributed by atoms with Gasteiger partial charge in [-0.3, -0.25) is 0 Å². The van der Waals surface area contributed by atoms with Crippen LogP contribution in [0.3, 0.4) is 0 Å². The van der Waals surface area contributed by atoms with Gasteiger partial charge in [0.25, 0.3) is 0 Å². The maximum Gasteiger partial charge on any atom is 0.317 e. The van der Waals surface area contributed by atoms with Crippen LogP contribution in [0.4, 0.5) is 4.79 Å². The van der Waals surface area contributed by atoms with Crippen LogP contribution in [0.25, 0.3) is 0 Å². The van der Waals surface area contributed by atoms with Crippen LogP contribution in [0.1, 0.15) is 24.8 Å². The number of rotatable bonds is 2. The van der Waals surface area contributed by atoms with Crippen LogP contribution in [0.5, 0.6) is 5.75 Å². The molecule has 2 heterocycles. The van der Waals surface area contributed by atoms with E-state index in [1.807, 2.05) is 18.2 Å². The van der Waals surface area contributed by atoms with Gasteiger partial charge in [0.2, 0.25) is 0 Å². The zero-order chi connectivity index (χ0) is 16.2. The molecule has 6 heteroatoms. The van der Waals surface area contributed by atoms with Gasteiger partial charge < -0.3 is 19.9 Å². The monoisotopic (exact) mass is 337 g/mol. The number of halogens is 1. The molecule has 1 saturated heterocycles. The van der Waals surface area contributed by atoms with E-state index in [4.69, 9.17) is 16.3 Å². The van der Waals surface area contributed by atoms with Crippen LogP contribution in [0.15, 0.2) is 18.2 Å². The number of carbonyl (C=O) groups is 1. The van der Waals surface area contributed by atoms with E-state index >= 15 is 0 Å². The second kappa shape index (κ2) is 7.41. The summed E-state index contributed by atoms with van der Waals surface area (Å²) in [4.78, 5) is 16.6. The predicted molar refractivity (Wildman–Crippen MR) is 91.0 cm³/mol. The first-order valence-electron chi connectivity index (χ1n) is 8.28. The maximum atomic E-state index is 12.5. The molecular formula is C17H24ClN3O2. The maximum absolute atomic E-state index is 12.5. The van der Waals surface area contributed by atoms with Gasteiger partial charge in [0.05, 0.1) is 13.1 Å². The molecule has 2 aliphatic heterocycles. The quantitative estimate of drug-likeness (QED) is 0.902. The topological polar surface area (TPSA) is 44.8 Å². The first-order chi connectivity index (χ1) is 11.1. The summed E-state index contributed by atoms with van der Waals surface area (Å²) in [5, 5.41) is 3.75. The van der Waals surface area contributed by atoms with Gasteiger partial charge in [-0.2, -0.15) is 0 Å². The van der Waals surface area contributed by atoms with E-state index in [1.54, 1.807) is 4.90 Å². The highest BCUT2D eigenvalue weighted by molar-refractivity contribution is 6.30. The minimum absolute atomic E-state index is 0.0274. The Morgan fingerprint density at radius 2 is 2.26 bits per heavy atom. The number of nitrogens with one attached hydrogen (secondary N) is 1. The largest absolute Gasteiger partial charge is 0.491 e. The van der Waals surface area contributed by atoms with E-state index in [1.165, 1.54) is 12.8 Å². The van der Waals surface area contributed by atoms with Gasteiger partial charge in [0.15, 0.2) is 0 Å². The van der Waals surface area contributed by atoms with Crippen LogP contribution in [0.2, 0.25) is 5.02 Å². The Kier molecular flexibility index (Phi) is 5.28. The van der Waals surface area contributed by atoms with E-state index in [0.717, 1.165) is 24.3 Å². The molecule has 2 amide bonds. The molecule has 1 aromatic rings. The molecule has 1 fully saturated rings. The fourth-order valence-corrected chi connectivity index (χ4v) is 3.45. The average Bonchev–Trinajstić information content (AvgIpc) is 2.75. The molecule has 0 unspecified atom stereocenters. The molecule has 1 N–H and O–H groups in total. The van der Waals surface area contributed by atoms with Crippen LogP contribution in [-0.4, -0.2) is 55.2 Å². The molecule has 0 bridgehead atoms. The van der Waals surface area contributed by atoms with E-state index in [2.05, 4.69) is 17.3 Å². The number of fused-ring (bicyclic) bond motifs is 1. The van der Waals surface area contributed by atoms with Crippen molar-refractivity contribution in [1.82, 2.24) is 15.1 Å². The zero-order valence-electron chi connectivity index (χ0n) is 13.6. The van der Waals surface area contributed by atoms with Crippen LogP contribution in [-0.2, 0) is 6.54 Å². The lowest BCUT2D eigenvalue weighted by Crippen LogP contribution is -2.48. The smallest absolute Gasteiger partial charge is 0.317 e. The number of piperidine rings is 1. The highest BCUT2D eigenvalue weighted by Crippen LogP contribution is 2.26. The molecule has 3 rings (SSSR count). The number of benzene rings is 1. The van der Waals surface area contributed by atoms with Crippen molar-refractivity contribution >= 4 is 17.6 Å². The molecule has 0 aromatic heterocycles. The Morgan fingerprint density at radius 3 is 3.09 bits per heavy atom. The summed E-state index contributed by atoms with van der Waals surface area (Å²) in [5.74, 6) is 0.816. The van der Waals surface area contributed by atoms with Crippen LogP contribution >= 0.6 is 11.6 Å². The summed E-state index contributed by atoms with van der Waals surface area (Å²) in [6.45, 7) is 3.44. The summed E-state index contributed by atoms with van der Waals surface area (Å²) >= 11 is 6.06. The minimum atomic E-state index is -0.0274. The van der Waals surface area contributed by atoms with Crippen LogP contribution < -0.4 is 10.1 Å². The molecule has 126 valence electrons. The van der Waals surface area contributed by atoms with Gasteiger partial charge in [0, 0.05) is 23.2 Å². The molecule has 2 aliphatic rings. The zero-order valence-corrected chi connectivity index (χ0v) is 14.3. The summed E-state index contributed by atoms with van der Waals surface area (Å²) in [6.07, 6.45) is 3.65.